The summed E-state index contributed by atoms with van der Waals surface area (Å²) in [5.74, 6) is 0.983. The number of rotatable bonds is 8. The van der Waals surface area contributed by atoms with E-state index in [0.717, 1.165) is 31.2 Å². The highest BCUT2D eigenvalue weighted by Gasteiger charge is 2.39. The molecule has 3 unspecified atom stereocenters. The lowest BCUT2D eigenvalue weighted by Crippen LogP contribution is -2.23. The smallest absolute Gasteiger partial charge is 0.343 e. The molecule has 34 heavy (non-hydrogen) atoms. The van der Waals surface area contributed by atoms with E-state index in [1.54, 1.807) is 12.3 Å². The second-order valence-corrected chi connectivity index (χ2v) is 9.21. The SMILES string of the molecule is CCC(c1cc(O)c(C(c2ccccc2)C2CC2)c(=O)o1)C(C1=CC=CCC1)C1=COC=CO1. The highest BCUT2D eigenvalue weighted by molar-refractivity contribution is 5.42. The van der Waals surface area contributed by atoms with Gasteiger partial charge in [0.25, 0.3) is 0 Å². The molecule has 5 rings (SSSR count). The van der Waals surface area contributed by atoms with Crippen LogP contribution in [0.4, 0.5) is 0 Å². The molecule has 0 radical (unpaired) electrons. The van der Waals surface area contributed by atoms with Crippen molar-refractivity contribution in [3.05, 3.63) is 112 Å². The summed E-state index contributed by atoms with van der Waals surface area (Å²) in [5.41, 5.74) is 2.13. The van der Waals surface area contributed by atoms with Crippen LogP contribution in [0.25, 0.3) is 0 Å². The molecule has 2 aromatic rings. The lowest BCUT2D eigenvalue weighted by molar-refractivity contribution is 0.207. The van der Waals surface area contributed by atoms with Crippen molar-refractivity contribution in [1.82, 2.24) is 0 Å². The zero-order chi connectivity index (χ0) is 23.5. The molecule has 2 heterocycles. The summed E-state index contributed by atoms with van der Waals surface area (Å²) in [6.45, 7) is 2.05. The number of benzene rings is 1. The van der Waals surface area contributed by atoms with Crippen molar-refractivity contribution in [3.63, 3.8) is 0 Å². The van der Waals surface area contributed by atoms with Crippen LogP contribution in [0, 0.1) is 11.8 Å². The van der Waals surface area contributed by atoms with Gasteiger partial charge in [-0.15, -0.1) is 0 Å². The van der Waals surface area contributed by atoms with E-state index in [-0.39, 0.29) is 23.5 Å². The minimum absolute atomic E-state index is 0.0106. The Kier molecular flexibility index (Phi) is 6.43. The molecule has 1 N–H and O–H groups in total. The number of hydrogen-bond acceptors (Lipinski definition) is 5. The van der Waals surface area contributed by atoms with Crippen molar-refractivity contribution in [2.75, 3.05) is 0 Å². The van der Waals surface area contributed by atoms with Crippen molar-refractivity contribution >= 4 is 0 Å². The Morgan fingerprint density at radius 2 is 1.97 bits per heavy atom. The van der Waals surface area contributed by atoms with E-state index in [0.29, 0.717) is 29.4 Å². The molecule has 0 saturated heterocycles. The van der Waals surface area contributed by atoms with Crippen molar-refractivity contribution in [2.45, 2.75) is 50.9 Å². The number of hydrogen-bond donors (Lipinski definition) is 1. The van der Waals surface area contributed by atoms with Crippen LogP contribution in [0.3, 0.4) is 0 Å². The van der Waals surface area contributed by atoms with Gasteiger partial charge in [-0.1, -0.05) is 61.1 Å². The Hall–Kier alpha value is -3.47. The van der Waals surface area contributed by atoms with Crippen molar-refractivity contribution in [3.8, 4) is 5.75 Å². The Morgan fingerprint density at radius 1 is 1.15 bits per heavy atom. The summed E-state index contributed by atoms with van der Waals surface area (Å²) >= 11 is 0. The summed E-state index contributed by atoms with van der Waals surface area (Å²) in [6, 6.07) is 11.6. The fourth-order valence-electron chi connectivity index (χ4n) is 5.28. The highest BCUT2D eigenvalue weighted by atomic mass is 16.5. The maximum absolute atomic E-state index is 13.4. The molecule has 1 saturated carbocycles. The Balaban J connectivity index is 1.55. The van der Waals surface area contributed by atoms with Gasteiger partial charge in [0.05, 0.1) is 11.5 Å². The monoisotopic (exact) mass is 458 g/mol. The van der Waals surface area contributed by atoms with E-state index in [4.69, 9.17) is 13.9 Å². The predicted molar refractivity (Wildman–Crippen MR) is 130 cm³/mol. The van der Waals surface area contributed by atoms with Gasteiger partial charge >= 0.3 is 5.63 Å². The molecule has 176 valence electrons. The van der Waals surface area contributed by atoms with Gasteiger partial charge in [-0.05, 0) is 43.6 Å². The third-order valence-corrected chi connectivity index (χ3v) is 7.03. The Labute approximate surface area is 199 Å². The zero-order valence-electron chi connectivity index (χ0n) is 19.4. The van der Waals surface area contributed by atoms with Crippen LogP contribution < -0.4 is 5.63 Å². The summed E-state index contributed by atoms with van der Waals surface area (Å²) in [4.78, 5) is 13.4. The normalized spacial score (nSPS) is 19.9. The first-order chi connectivity index (χ1) is 16.7. The van der Waals surface area contributed by atoms with E-state index >= 15 is 0 Å². The third kappa shape index (κ3) is 4.47. The van der Waals surface area contributed by atoms with Crippen LogP contribution in [-0.2, 0) is 9.47 Å². The summed E-state index contributed by atoms with van der Waals surface area (Å²) < 4.78 is 17.2. The fraction of sp³-hybridized carbons (Fsp3) is 0.345. The van der Waals surface area contributed by atoms with Gasteiger partial charge < -0.3 is 19.0 Å². The molecule has 1 aromatic heterocycles. The average molecular weight is 459 g/mol. The summed E-state index contributed by atoms with van der Waals surface area (Å²) in [7, 11) is 0. The minimum atomic E-state index is -0.458. The lowest BCUT2D eigenvalue weighted by atomic mass is 9.78. The van der Waals surface area contributed by atoms with Gasteiger partial charge in [0.15, 0.2) is 0 Å². The van der Waals surface area contributed by atoms with Gasteiger partial charge in [0.1, 0.15) is 36.1 Å². The molecule has 0 amide bonds. The molecule has 3 atom stereocenters. The summed E-state index contributed by atoms with van der Waals surface area (Å²) in [5, 5.41) is 11.2. The molecule has 3 aliphatic rings. The largest absolute Gasteiger partial charge is 0.507 e. The van der Waals surface area contributed by atoms with Gasteiger partial charge in [-0.2, -0.15) is 0 Å². The lowest BCUT2D eigenvalue weighted by Gasteiger charge is -2.30. The Bertz CT molecular complexity index is 1200. The van der Waals surface area contributed by atoms with Crippen LogP contribution in [0.2, 0.25) is 0 Å². The quantitative estimate of drug-likeness (QED) is 0.481. The van der Waals surface area contributed by atoms with E-state index in [2.05, 4.69) is 25.2 Å². The van der Waals surface area contributed by atoms with Crippen LogP contribution in [0.15, 0.2) is 94.0 Å². The first-order valence-electron chi connectivity index (χ1n) is 12.1. The second-order valence-electron chi connectivity index (χ2n) is 9.21. The predicted octanol–water partition coefficient (Wildman–Crippen LogP) is 6.63. The minimum Gasteiger partial charge on any atom is -0.507 e. The van der Waals surface area contributed by atoms with E-state index in [1.165, 1.54) is 18.1 Å². The van der Waals surface area contributed by atoms with Crippen molar-refractivity contribution in [2.24, 2.45) is 11.8 Å². The van der Waals surface area contributed by atoms with Crippen molar-refractivity contribution in [1.29, 1.82) is 0 Å². The fourth-order valence-corrected chi connectivity index (χ4v) is 5.28. The third-order valence-electron chi connectivity index (χ3n) is 7.03. The number of aromatic hydroxyl groups is 1. The van der Waals surface area contributed by atoms with Crippen molar-refractivity contribution < 1.29 is 19.0 Å². The highest BCUT2D eigenvalue weighted by Crippen LogP contribution is 2.48. The molecule has 1 fully saturated rings. The first kappa shape index (κ1) is 22.3. The molecule has 1 aromatic carbocycles. The van der Waals surface area contributed by atoms with Gasteiger partial charge in [0.2, 0.25) is 0 Å². The van der Waals surface area contributed by atoms with E-state index in [1.807, 2.05) is 30.3 Å². The van der Waals surface area contributed by atoms with Crippen LogP contribution in [0.1, 0.15) is 67.8 Å². The first-order valence-corrected chi connectivity index (χ1v) is 12.1. The molecule has 5 heteroatoms. The topological polar surface area (TPSA) is 68.9 Å². The number of ether oxygens (including phenoxy) is 2. The standard InChI is InChI=1S/C29H30O5/c1-2-22(27(20-11-7-4-8-12-20)25-18-32-15-16-33-25)24-17-23(30)28(29(31)34-24)26(21-13-14-21)19-9-5-3-6-10-19/h3-7,9-11,15-18,21-22,26-27,30H,2,8,12-14H2,1H3. The van der Waals surface area contributed by atoms with Crippen LogP contribution >= 0.6 is 0 Å². The van der Waals surface area contributed by atoms with Crippen LogP contribution in [-0.4, -0.2) is 5.11 Å². The zero-order valence-corrected chi connectivity index (χ0v) is 19.4. The molecular weight excluding hydrogens is 428 g/mol. The molecule has 5 nitrogen and oxygen atoms in total. The molecule has 0 bridgehead atoms. The Morgan fingerprint density at radius 3 is 2.59 bits per heavy atom. The summed E-state index contributed by atoms with van der Waals surface area (Å²) in [6.07, 6.45) is 15.5. The molecular formula is C29H30O5. The second kappa shape index (κ2) is 9.80. The molecule has 0 spiro atoms. The maximum Gasteiger partial charge on any atom is 0.343 e. The average Bonchev–Trinajstić information content (AvgIpc) is 3.71. The van der Waals surface area contributed by atoms with Crippen LogP contribution in [0.5, 0.6) is 5.75 Å². The molecule has 1 aliphatic heterocycles. The van der Waals surface area contributed by atoms with Gasteiger partial charge in [-0.25, -0.2) is 4.79 Å². The maximum atomic E-state index is 13.4. The molecule has 2 aliphatic carbocycles. The van der Waals surface area contributed by atoms with Gasteiger partial charge in [-0.3, -0.25) is 0 Å². The number of allylic oxidation sites excluding steroid dienone is 4. The van der Waals surface area contributed by atoms with E-state index in [9.17, 15) is 9.90 Å². The van der Waals surface area contributed by atoms with E-state index < -0.39 is 5.63 Å². The van der Waals surface area contributed by atoms with Gasteiger partial charge in [0, 0.05) is 17.9 Å².